The van der Waals surface area contributed by atoms with Gasteiger partial charge in [0.2, 0.25) is 0 Å². The molecule has 0 aliphatic carbocycles. The van der Waals surface area contributed by atoms with E-state index in [4.69, 9.17) is 9.47 Å². The Morgan fingerprint density at radius 1 is 1.03 bits per heavy atom. The second-order valence-corrected chi connectivity index (χ2v) is 10.7. The van der Waals surface area contributed by atoms with E-state index in [1.165, 1.54) is 20.3 Å². The van der Waals surface area contributed by atoms with Gasteiger partial charge < -0.3 is 9.47 Å². The average molecular weight is 518 g/mol. The van der Waals surface area contributed by atoms with Crippen molar-refractivity contribution in [2.45, 2.75) is 37.5 Å². The Labute approximate surface area is 199 Å². The number of hydrogen-bond acceptors (Lipinski definition) is 8. The number of halogens is 1. The minimum absolute atomic E-state index is 0.0438. The number of nitrogens with one attached hydrogen (secondary N) is 1. The van der Waals surface area contributed by atoms with Crippen LogP contribution in [0.25, 0.3) is 0 Å². The number of hydrogen-bond donors (Lipinski definition) is 1. The van der Waals surface area contributed by atoms with Gasteiger partial charge in [-0.05, 0) is 61.1 Å². The van der Waals surface area contributed by atoms with Crippen LogP contribution in [0, 0.1) is 5.82 Å². The fraction of sp³-hybridized carbons (Fsp3) is 0.409. The van der Waals surface area contributed by atoms with Gasteiger partial charge in [0.25, 0.3) is 20.1 Å². The first-order valence-corrected chi connectivity index (χ1v) is 13.7. The molecule has 0 aliphatic rings. The van der Waals surface area contributed by atoms with E-state index >= 15 is 0 Å². The van der Waals surface area contributed by atoms with Gasteiger partial charge >= 0.3 is 5.97 Å². The molecule has 34 heavy (non-hydrogen) atoms. The smallest absolute Gasteiger partial charge is 0.343 e. The van der Waals surface area contributed by atoms with Crippen LogP contribution in [-0.2, 0) is 41.9 Å². The van der Waals surface area contributed by atoms with E-state index < -0.39 is 31.9 Å². The molecule has 0 saturated carbocycles. The second-order valence-electron chi connectivity index (χ2n) is 7.37. The maximum Gasteiger partial charge on any atom is 0.343 e. The van der Waals surface area contributed by atoms with Crippen molar-refractivity contribution in [3.05, 3.63) is 52.8 Å². The molecule has 9 nitrogen and oxygen atoms in total. The van der Waals surface area contributed by atoms with Gasteiger partial charge in [-0.1, -0.05) is 13.0 Å². The topological polar surface area (TPSA) is 125 Å². The highest BCUT2D eigenvalue weighted by atomic mass is 32.2. The molecule has 0 saturated heterocycles. The van der Waals surface area contributed by atoms with Gasteiger partial charge in [0.05, 0.1) is 37.7 Å². The molecule has 0 aliphatic heterocycles. The van der Waals surface area contributed by atoms with Crippen LogP contribution >= 0.6 is 0 Å². The summed E-state index contributed by atoms with van der Waals surface area (Å²) in [5, 5.41) is 0. The largest absolute Gasteiger partial charge is 0.495 e. The Balaban J connectivity index is 2.38. The predicted molar refractivity (Wildman–Crippen MR) is 125 cm³/mol. The Kier molecular flexibility index (Phi) is 9.42. The number of esters is 1. The number of carbonyl (C=O) groups is 1. The van der Waals surface area contributed by atoms with Crippen molar-refractivity contribution in [2.24, 2.45) is 0 Å². The predicted octanol–water partition coefficient (Wildman–Crippen LogP) is 3.28. The van der Waals surface area contributed by atoms with E-state index in [0.717, 1.165) is 24.5 Å². The zero-order valence-electron chi connectivity index (χ0n) is 19.4. The molecule has 188 valence electrons. The molecule has 0 radical (unpaired) electrons. The van der Waals surface area contributed by atoms with Crippen LogP contribution in [0.1, 0.15) is 41.3 Å². The summed E-state index contributed by atoms with van der Waals surface area (Å²) in [7, 11) is -5.29. The molecular weight excluding hydrogens is 489 g/mol. The summed E-state index contributed by atoms with van der Waals surface area (Å²) < 4.78 is 79.7. The highest BCUT2D eigenvalue weighted by Crippen LogP contribution is 2.33. The molecule has 2 aromatic carbocycles. The lowest BCUT2D eigenvalue weighted by Crippen LogP contribution is -2.19. The lowest BCUT2D eigenvalue weighted by atomic mass is 10.0. The van der Waals surface area contributed by atoms with E-state index in [1.807, 2.05) is 6.92 Å². The summed E-state index contributed by atoms with van der Waals surface area (Å²) in [5.41, 5.74) is 0.764. The number of ether oxygens (including phenoxy) is 2. The molecule has 0 amide bonds. The molecule has 0 atom stereocenters. The monoisotopic (exact) mass is 517 g/mol. The Bertz CT molecular complexity index is 1240. The van der Waals surface area contributed by atoms with Gasteiger partial charge in [-0.2, -0.15) is 8.42 Å². The number of unbranched alkanes of at least 4 members (excludes halogenated alkanes) is 1. The summed E-state index contributed by atoms with van der Waals surface area (Å²) in [6.45, 7) is 1.79. The van der Waals surface area contributed by atoms with Gasteiger partial charge in [-0.25, -0.2) is 17.6 Å². The molecule has 0 spiro atoms. The lowest BCUT2D eigenvalue weighted by molar-refractivity contribution is 0.0598. The van der Waals surface area contributed by atoms with Crippen LogP contribution in [0.5, 0.6) is 5.75 Å². The Morgan fingerprint density at radius 2 is 1.74 bits per heavy atom. The van der Waals surface area contributed by atoms with Crippen LogP contribution in [-0.4, -0.2) is 49.9 Å². The van der Waals surface area contributed by atoms with Crippen molar-refractivity contribution < 1.29 is 39.7 Å². The van der Waals surface area contributed by atoms with Gasteiger partial charge in [0.15, 0.2) is 0 Å². The van der Waals surface area contributed by atoms with Gasteiger partial charge in [-0.15, -0.1) is 0 Å². The van der Waals surface area contributed by atoms with E-state index in [0.29, 0.717) is 24.8 Å². The summed E-state index contributed by atoms with van der Waals surface area (Å²) in [6, 6.07) is 6.34. The fourth-order valence-electron chi connectivity index (χ4n) is 3.36. The summed E-state index contributed by atoms with van der Waals surface area (Å²) in [4.78, 5) is 12.3. The number of carbonyl (C=O) groups excluding carboxylic acids is 1. The number of methoxy groups -OCH3 is 2. The van der Waals surface area contributed by atoms with Crippen molar-refractivity contribution in [1.29, 1.82) is 0 Å². The number of benzene rings is 2. The van der Waals surface area contributed by atoms with Gasteiger partial charge in [0.1, 0.15) is 17.1 Å². The number of aryl methyl sites for hydroxylation is 2. The van der Waals surface area contributed by atoms with Crippen molar-refractivity contribution in [3.63, 3.8) is 0 Å². The third-order valence-corrected chi connectivity index (χ3v) is 6.97. The Hall–Kier alpha value is -2.70. The van der Waals surface area contributed by atoms with E-state index in [-0.39, 0.29) is 40.5 Å². The molecule has 0 unspecified atom stereocenters. The Morgan fingerprint density at radius 3 is 2.32 bits per heavy atom. The van der Waals surface area contributed by atoms with Crippen LogP contribution in [0.2, 0.25) is 0 Å². The van der Waals surface area contributed by atoms with Crippen LogP contribution in [0.15, 0.2) is 35.2 Å². The third kappa shape index (κ3) is 7.15. The molecule has 0 fully saturated rings. The van der Waals surface area contributed by atoms with E-state index in [1.54, 1.807) is 6.07 Å². The molecule has 2 aromatic rings. The van der Waals surface area contributed by atoms with Crippen molar-refractivity contribution in [3.8, 4) is 5.75 Å². The maximum atomic E-state index is 13.9. The SMILES string of the molecule is CCc1ccc(NS(=O)(=O)c2ccc(F)cc2CCCCOS(C)(=O)=O)c(C(=O)OC)c1OC. The molecule has 12 heteroatoms. The van der Waals surface area contributed by atoms with Crippen molar-refractivity contribution in [1.82, 2.24) is 0 Å². The van der Waals surface area contributed by atoms with Crippen LogP contribution in [0.4, 0.5) is 10.1 Å². The summed E-state index contributed by atoms with van der Waals surface area (Å²) in [6.07, 6.45) is 2.29. The first-order chi connectivity index (χ1) is 15.9. The molecule has 1 N–H and O–H groups in total. The van der Waals surface area contributed by atoms with Gasteiger partial charge in [0, 0.05) is 0 Å². The van der Waals surface area contributed by atoms with Crippen molar-refractivity contribution in [2.75, 3.05) is 31.8 Å². The lowest BCUT2D eigenvalue weighted by Gasteiger charge is -2.18. The summed E-state index contributed by atoms with van der Waals surface area (Å²) in [5.74, 6) is -1.21. The summed E-state index contributed by atoms with van der Waals surface area (Å²) >= 11 is 0. The zero-order chi connectivity index (χ0) is 25.5. The first kappa shape index (κ1) is 27.5. The zero-order valence-corrected chi connectivity index (χ0v) is 21.0. The third-order valence-electron chi connectivity index (χ3n) is 4.91. The fourth-order valence-corrected chi connectivity index (χ4v) is 5.10. The molecule has 0 bridgehead atoms. The normalized spacial score (nSPS) is 11.8. The molecule has 0 heterocycles. The highest BCUT2D eigenvalue weighted by Gasteiger charge is 2.26. The number of sulfonamides is 1. The minimum atomic E-state index is -4.24. The molecule has 0 aromatic heterocycles. The highest BCUT2D eigenvalue weighted by molar-refractivity contribution is 7.92. The first-order valence-electron chi connectivity index (χ1n) is 10.4. The maximum absolute atomic E-state index is 13.9. The molecular formula is C22H28FNO8S2. The minimum Gasteiger partial charge on any atom is -0.495 e. The van der Waals surface area contributed by atoms with Crippen LogP contribution in [0.3, 0.4) is 0 Å². The second kappa shape index (κ2) is 11.6. The molecule has 2 rings (SSSR count). The number of rotatable bonds is 12. The van der Waals surface area contributed by atoms with E-state index in [9.17, 15) is 26.0 Å². The van der Waals surface area contributed by atoms with Crippen molar-refractivity contribution >= 4 is 31.8 Å². The van der Waals surface area contributed by atoms with Crippen LogP contribution < -0.4 is 9.46 Å². The van der Waals surface area contributed by atoms with E-state index in [2.05, 4.69) is 8.91 Å². The van der Waals surface area contributed by atoms with Gasteiger partial charge in [-0.3, -0.25) is 8.91 Å². The standard InChI is InChI=1S/C22H28FNO8S2/c1-5-15-9-11-18(20(21(15)30-2)22(25)31-3)24-34(28,29)19-12-10-17(23)14-16(19)8-6-7-13-32-33(4,26)27/h9-12,14,24H,5-8,13H2,1-4H3. The average Bonchev–Trinajstić information content (AvgIpc) is 2.76. The number of anilines is 1. The quantitative estimate of drug-likeness (QED) is 0.258.